The Morgan fingerprint density at radius 1 is 1.40 bits per heavy atom. The van der Waals surface area contributed by atoms with Gasteiger partial charge >= 0.3 is 0 Å². The van der Waals surface area contributed by atoms with Gasteiger partial charge in [0.25, 0.3) is 5.91 Å². The number of unbranched alkanes of at least 4 members (excludes halogenated alkanes) is 1. The highest BCUT2D eigenvalue weighted by Crippen LogP contribution is 2.35. The van der Waals surface area contributed by atoms with Crippen LogP contribution in [0.15, 0.2) is 12.1 Å². The van der Waals surface area contributed by atoms with E-state index in [1.165, 1.54) is 12.1 Å². The molecule has 3 N–H and O–H groups in total. The number of rotatable bonds is 6. The van der Waals surface area contributed by atoms with Crippen molar-refractivity contribution in [3.63, 3.8) is 0 Å². The molecule has 0 aliphatic carbocycles. The quantitative estimate of drug-likeness (QED) is 0.737. The molecule has 110 valence electrons. The lowest BCUT2D eigenvalue weighted by Gasteiger charge is -2.25. The molecule has 0 fully saturated rings. The Bertz CT molecular complexity index is 507. The smallest absolute Gasteiger partial charge is 0.257 e. The molecule has 5 nitrogen and oxygen atoms in total. The maximum Gasteiger partial charge on any atom is 0.257 e. The minimum Gasteiger partial charge on any atom is -0.395 e. The molecule has 1 aromatic carbocycles. The first kappa shape index (κ1) is 14.7. The number of halogens is 1. The third-order valence-corrected chi connectivity index (χ3v) is 3.41. The maximum atomic E-state index is 14.2. The van der Waals surface area contributed by atoms with E-state index in [1.807, 2.05) is 6.92 Å². The molecule has 0 bridgehead atoms. The van der Waals surface area contributed by atoms with Crippen molar-refractivity contribution >= 4 is 17.3 Å². The summed E-state index contributed by atoms with van der Waals surface area (Å²) < 4.78 is 14.2. The van der Waals surface area contributed by atoms with Crippen LogP contribution in [-0.4, -0.2) is 35.8 Å². The Balaban J connectivity index is 2.32. The Morgan fingerprint density at radius 2 is 2.15 bits per heavy atom. The number of nitrogens with one attached hydrogen (secondary N) is 1. The second kappa shape index (κ2) is 6.19. The van der Waals surface area contributed by atoms with Crippen LogP contribution in [0, 0.1) is 5.82 Å². The van der Waals surface area contributed by atoms with Crippen LogP contribution in [0.3, 0.4) is 0 Å². The fraction of sp³-hybridized carbons (Fsp3) is 0.500. The van der Waals surface area contributed by atoms with Crippen LogP contribution in [0.1, 0.15) is 31.4 Å². The molecule has 1 heterocycles. The number of aliphatic hydroxyl groups excluding tert-OH is 2. The van der Waals surface area contributed by atoms with Gasteiger partial charge in [-0.15, -0.1) is 0 Å². The molecule has 0 aromatic heterocycles. The van der Waals surface area contributed by atoms with Crippen LogP contribution in [-0.2, 0) is 4.79 Å². The van der Waals surface area contributed by atoms with Crippen LogP contribution in [0.4, 0.5) is 15.8 Å². The van der Waals surface area contributed by atoms with Crippen LogP contribution in [0.5, 0.6) is 0 Å². The summed E-state index contributed by atoms with van der Waals surface area (Å²) in [6.07, 6.45) is 0.533. The molecule has 0 saturated heterocycles. The van der Waals surface area contributed by atoms with Gasteiger partial charge < -0.3 is 20.4 Å². The van der Waals surface area contributed by atoms with Crippen molar-refractivity contribution in [2.75, 3.05) is 29.9 Å². The van der Waals surface area contributed by atoms with Gasteiger partial charge in [-0.3, -0.25) is 4.79 Å². The van der Waals surface area contributed by atoms with Gasteiger partial charge in [-0.05, 0) is 18.6 Å². The van der Waals surface area contributed by atoms with Crippen molar-refractivity contribution in [3.05, 3.63) is 23.5 Å². The lowest BCUT2D eigenvalue weighted by molar-refractivity contribution is -0.123. The number of carbonyl (C=O) groups excluding carboxylic acids is 1. The molecule has 6 heteroatoms. The average Bonchev–Trinajstić information content (AvgIpc) is 2.70. The van der Waals surface area contributed by atoms with E-state index in [2.05, 4.69) is 5.32 Å². The molecule has 0 saturated carbocycles. The molecule has 20 heavy (non-hydrogen) atoms. The number of benzene rings is 1. The normalized spacial score (nSPS) is 17.0. The molecule has 1 aliphatic heterocycles. The third kappa shape index (κ3) is 2.76. The average molecular weight is 282 g/mol. The standard InChI is InChI=1S/C14H19FN2O3/c1-2-3-4-17(5-6-18)12-8-11-9(7-10(12)15)13(19)14(20)16-11/h7-8,13,18-19H,2-6H2,1H3,(H,16,20). The first-order valence-corrected chi connectivity index (χ1v) is 6.76. The van der Waals surface area contributed by atoms with Gasteiger partial charge in [0, 0.05) is 24.3 Å². The van der Waals surface area contributed by atoms with Crippen LogP contribution >= 0.6 is 0 Å². The minimum absolute atomic E-state index is 0.0742. The molecule has 0 radical (unpaired) electrons. The lowest BCUT2D eigenvalue weighted by Crippen LogP contribution is -2.28. The fourth-order valence-corrected chi connectivity index (χ4v) is 2.32. The van der Waals surface area contributed by atoms with Crippen molar-refractivity contribution < 1.29 is 19.4 Å². The highest BCUT2D eigenvalue weighted by Gasteiger charge is 2.30. The molecule has 1 aromatic rings. The topological polar surface area (TPSA) is 72.8 Å². The summed E-state index contributed by atoms with van der Waals surface area (Å²) in [6.45, 7) is 2.91. The van der Waals surface area contributed by atoms with Gasteiger partial charge in [-0.25, -0.2) is 4.39 Å². The van der Waals surface area contributed by atoms with E-state index in [0.717, 1.165) is 12.8 Å². The van der Waals surface area contributed by atoms with Gasteiger partial charge in [-0.2, -0.15) is 0 Å². The van der Waals surface area contributed by atoms with Crippen LogP contribution in [0.2, 0.25) is 0 Å². The lowest BCUT2D eigenvalue weighted by atomic mass is 10.1. The number of hydrogen-bond acceptors (Lipinski definition) is 4. The summed E-state index contributed by atoms with van der Waals surface area (Å²) in [6, 6.07) is 2.70. The largest absolute Gasteiger partial charge is 0.395 e. The summed E-state index contributed by atoms with van der Waals surface area (Å²) in [7, 11) is 0. The summed E-state index contributed by atoms with van der Waals surface area (Å²) >= 11 is 0. The second-order valence-corrected chi connectivity index (χ2v) is 4.85. The van der Waals surface area contributed by atoms with E-state index < -0.39 is 17.8 Å². The highest BCUT2D eigenvalue weighted by molar-refractivity contribution is 6.02. The molecule has 1 amide bonds. The number of nitrogens with zero attached hydrogens (tertiary/aromatic N) is 1. The van der Waals surface area contributed by atoms with E-state index in [0.29, 0.717) is 24.5 Å². The zero-order valence-corrected chi connectivity index (χ0v) is 11.4. The van der Waals surface area contributed by atoms with E-state index in [-0.39, 0.29) is 12.2 Å². The SMILES string of the molecule is CCCCN(CCO)c1cc2c(cc1F)C(O)C(=O)N2. The Morgan fingerprint density at radius 3 is 2.80 bits per heavy atom. The number of amides is 1. The molecule has 1 unspecified atom stereocenters. The maximum absolute atomic E-state index is 14.2. The number of carbonyl (C=O) groups is 1. The molecular formula is C14H19FN2O3. The third-order valence-electron chi connectivity index (χ3n) is 3.41. The zero-order chi connectivity index (χ0) is 14.7. The number of fused-ring (bicyclic) bond motifs is 1. The first-order valence-electron chi connectivity index (χ1n) is 6.76. The number of aliphatic hydroxyl groups is 2. The molecule has 1 aliphatic rings. The fourth-order valence-electron chi connectivity index (χ4n) is 2.32. The molecule has 1 atom stereocenters. The van der Waals surface area contributed by atoms with E-state index in [1.54, 1.807) is 4.90 Å². The molecule has 0 spiro atoms. The van der Waals surface area contributed by atoms with Crippen molar-refractivity contribution in [3.8, 4) is 0 Å². The zero-order valence-electron chi connectivity index (χ0n) is 11.4. The first-order chi connectivity index (χ1) is 9.58. The van der Waals surface area contributed by atoms with Crippen LogP contribution in [0.25, 0.3) is 0 Å². The molecule has 2 rings (SSSR count). The monoisotopic (exact) mass is 282 g/mol. The Hall–Kier alpha value is -1.66. The van der Waals surface area contributed by atoms with Gasteiger partial charge in [0.2, 0.25) is 0 Å². The van der Waals surface area contributed by atoms with Crippen LogP contribution < -0.4 is 10.2 Å². The van der Waals surface area contributed by atoms with Gasteiger partial charge in [0.05, 0.1) is 12.3 Å². The van der Waals surface area contributed by atoms with Crippen molar-refractivity contribution in [2.45, 2.75) is 25.9 Å². The Labute approximate surface area is 117 Å². The van der Waals surface area contributed by atoms with E-state index >= 15 is 0 Å². The Kier molecular flexibility index (Phi) is 4.57. The summed E-state index contributed by atoms with van der Waals surface area (Å²) in [4.78, 5) is 13.1. The number of anilines is 2. The van der Waals surface area contributed by atoms with Gasteiger partial charge in [-0.1, -0.05) is 13.3 Å². The second-order valence-electron chi connectivity index (χ2n) is 4.85. The summed E-state index contributed by atoms with van der Waals surface area (Å²) in [5.74, 6) is -1.04. The van der Waals surface area contributed by atoms with E-state index in [9.17, 15) is 14.3 Å². The predicted molar refractivity (Wildman–Crippen MR) is 74.2 cm³/mol. The summed E-state index contributed by atoms with van der Waals surface area (Å²) in [5.41, 5.74) is 1.02. The minimum atomic E-state index is -1.31. The van der Waals surface area contributed by atoms with Crippen molar-refractivity contribution in [1.82, 2.24) is 0 Å². The number of hydrogen-bond donors (Lipinski definition) is 3. The van der Waals surface area contributed by atoms with Crippen molar-refractivity contribution in [2.24, 2.45) is 0 Å². The highest BCUT2D eigenvalue weighted by atomic mass is 19.1. The predicted octanol–water partition coefficient (Wildman–Crippen LogP) is 1.41. The molecular weight excluding hydrogens is 263 g/mol. The van der Waals surface area contributed by atoms with Gasteiger partial charge in [0.1, 0.15) is 5.82 Å². The van der Waals surface area contributed by atoms with E-state index in [4.69, 9.17) is 5.11 Å². The summed E-state index contributed by atoms with van der Waals surface area (Å²) in [5, 5.41) is 21.2. The van der Waals surface area contributed by atoms with Gasteiger partial charge in [0.15, 0.2) is 6.10 Å². The van der Waals surface area contributed by atoms with Crippen molar-refractivity contribution in [1.29, 1.82) is 0 Å².